The third-order valence-corrected chi connectivity index (χ3v) is 1.94. The van der Waals surface area contributed by atoms with E-state index in [1.165, 1.54) is 12.1 Å². The Labute approximate surface area is 99.5 Å². The Balaban J connectivity index is 2.82. The maximum absolute atomic E-state index is 10.2. The van der Waals surface area contributed by atoms with Crippen molar-refractivity contribution in [1.29, 1.82) is 0 Å². The topological polar surface area (TPSA) is 72.6 Å². The van der Waals surface area contributed by atoms with Crippen LogP contribution in [0.2, 0.25) is 0 Å². The molecule has 0 aliphatic heterocycles. The largest absolute Gasteiger partial charge is 0.504 e. The van der Waals surface area contributed by atoms with Crippen LogP contribution in [0.1, 0.15) is 19.4 Å². The number of nitro groups is 1. The van der Waals surface area contributed by atoms with E-state index >= 15 is 0 Å². The molecule has 0 atom stereocenters. The number of hydrogen-bond acceptors (Lipinski definition) is 4. The van der Waals surface area contributed by atoms with Crippen LogP contribution in [0.25, 0.3) is 6.08 Å². The summed E-state index contributed by atoms with van der Waals surface area (Å²) in [5.74, 6) is 0.709. The lowest BCUT2D eigenvalue weighted by atomic mass is 10.2. The van der Waals surface area contributed by atoms with Crippen LogP contribution >= 0.6 is 0 Å². The number of phenols is 1. The Hall–Kier alpha value is -2.04. The number of benzene rings is 1. The van der Waals surface area contributed by atoms with Crippen molar-refractivity contribution in [2.75, 3.05) is 6.61 Å². The third-order valence-electron chi connectivity index (χ3n) is 1.94. The standard InChI is InChI=1S/C12H15NO4/c1-9(2)8-17-12-7-10(3-4-11(12)14)5-6-13(15)16/h3-7,9,14H,8H2,1-2H3/b6-5+. The van der Waals surface area contributed by atoms with Crippen LogP contribution in [-0.4, -0.2) is 16.6 Å². The Morgan fingerprint density at radius 2 is 2.24 bits per heavy atom. The lowest BCUT2D eigenvalue weighted by Gasteiger charge is -2.10. The number of rotatable bonds is 5. The van der Waals surface area contributed by atoms with Gasteiger partial charge in [0.05, 0.1) is 11.5 Å². The first-order valence-corrected chi connectivity index (χ1v) is 5.26. The van der Waals surface area contributed by atoms with Gasteiger partial charge in [-0.2, -0.15) is 0 Å². The summed E-state index contributed by atoms with van der Waals surface area (Å²) in [6, 6.07) is 4.60. The molecule has 0 aliphatic carbocycles. The van der Waals surface area contributed by atoms with E-state index in [-0.39, 0.29) is 5.75 Å². The first kappa shape index (κ1) is 13.0. The summed E-state index contributed by atoms with van der Waals surface area (Å²) in [7, 11) is 0. The highest BCUT2D eigenvalue weighted by Gasteiger charge is 2.04. The quantitative estimate of drug-likeness (QED) is 0.631. The Bertz CT molecular complexity index is 427. The molecule has 17 heavy (non-hydrogen) atoms. The lowest BCUT2D eigenvalue weighted by Crippen LogP contribution is -2.04. The zero-order chi connectivity index (χ0) is 12.8. The SMILES string of the molecule is CC(C)COc1cc(/C=C/[N+](=O)[O-])ccc1O. The van der Waals surface area contributed by atoms with Crippen molar-refractivity contribution in [3.05, 3.63) is 40.1 Å². The van der Waals surface area contributed by atoms with Gasteiger partial charge in [-0.05, 0) is 23.6 Å². The van der Waals surface area contributed by atoms with Gasteiger partial charge in [0, 0.05) is 6.08 Å². The van der Waals surface area contributed by atoms with Crippen LogP contribution in [0, 0.1) is 16.0 Å². The maximum Gasteiger partial charge on any atom is 0.235 e. The van der Waals surface area contributed by atoms with Crippen molar-refractivity contribution in [1.82, 2.24) is 0 Å². The summed E-state index contributed by atoms with van der Waals surface area (Å²) in [5, 5.41) is 19.7. The third kappa shape index (κ3) is 4.55. The molecule has 0 bridgehead atoms. The lowest BCUT2D eigenvalue weighted by molar-refractivity contribution is -0.400. The van der Waals surface area contributed by atoms with E-state index in [4.69, 9.17) is 4.74 Å². The Kier molecular flexibility index (Phi) is 4.51. The van der Waals surface area contributed by atoms with E-state index in [1.807, 2.05) is 13.8 Å². The van der Waals surface area contributed by atoms with E-state index in [0.717, 1.165) is 6.20 Å². The van der Waals surface area contributed by atoms with E-state index in [0.29, 0.717) is 23.8 Å². The molecule has 0 radical (unpaired) electrons. The van der Waals surface area contributed by atoms with Crippen molar-refractivity contribution in [2.24, 2.45) is 5.92 Å². The molecule has 0 heterocycles. The smallest absolute Gasteiger partial charge is 0.235 e. The van der Waals surface area contributed by atoms with Gasteiger partial charge in [-0.15, -0.1) is 0 Å². The number of nitrogens with zero attached hydrogens (tertiary/aromatic N) is 1. The van der Waals surface area contributed by atoms with Gasteiger partial charge in [-0.1, -0.05) is 19.9 Å². The van der Waals surface area contributed by atoms with Gasteiger partial charge < -0.3 is 9.84 Å². The van der Waals surface area contributed by atoms with E-state index < -0.39 is 4.92 Å². The van der Waals surface area contributed by atoms with Crippen LogP contribution in [0.15, 0.2) is 24.4 Å². The van der Waals surface area contributed by atoms with Crippen LogP contribution in [0.3, 0.4) is 0 Å². The minimum atomic E-state index is -0.540. The molecule has 0 unspecified atom stereocenters. The first-order valence-electron chi connectivity index (χ1n) is 5.26. The minimum absolute atomic E-state index is 0.0314. The zero-order valence-corrected chi connectivity index (χ0v) is 9.79. The highest BCUT2D eigenvalue weighted by Crippen LogP contribution is 2.27. The fraction of sp³-hybridized carbons (Fsp3) is 0.333. The summed E-state index contributed by atoms with van der Waals surface area (Å²) >= 11 is 0. The molecule has 0 fully saturated rings. The molecule has 0 aromatic heterocycles. The summed E-state index contributed by atoms with van der Waals surface area (Å²) < 4.78 is 5.39. The van der Waals surface area contributed by atoms with E-state index in [9.17, 15) is 15.2 Å². The van der Waals surface area contributed by atoms with Crippen LogP contribution in [0.5, 0.6) is 11.5 Å². The highest BCUT2D eigenvalue weighted by atomic mass is 16.6. The molecular formula is C12H15NO4. The Morgan fingerprint density at radius 3 is 2.82 bits per heavy atom. The van der Waals surface area contributed by atoms with E-state index in [2.05, 4.69) is 0 Å². The Morgan fingerprint density at radius 1 is 1.53 bits per heavy atom. The van der Waals surface area contributed by atoms with Gasteiger partial charge in [-0.25, -0.2) is 0 Å². The van der Waals surface area contributed by atoms with Crippen molar-refractivity contribution in [2.45, 2.75) is 13.8 Å². The minimum Gasteiger partial charge on any atom is -0.504 e. The predicted molar refractivity (Wildman–Crippen MR) is 64.5 cm³/mol. The van der Waals surface area contributed by atoms with Crippen LogP contribution < -0.4 is 4.74 Å². The molecular weight excluding hydrogens is 222 g/mol. The van der Waals surface area contributed by atoms with E-state index in [1.54, 1.807) is 12.1 Å². The zero-order valence-electron chi connectivity index (χ0n) is 9.79. The molecule has 5 nitrogen and oxygen atoms in total. The molecule has 0 amide bonds. The molecule has 1 N–H and O–H groups in total. The summed E-state index contributed by atoms with van der Waals surface area (Å²) in [6.07, 6.45) is 2.19. The molecule has 0 saturated heterocycles. The monoisotopic (exact) mass is 237 g/mol. The van der Waals surface area contributed by atoms with Crippen LogP contribution in [0.4, 0.5) is 0 Å². The fourth-order valence-corrected chi connectivity index (χ4v) is 1.15. The van der Waals surface area contributed by atoms with Crippen LogP contribution in [-0.2, 0) is 0 Å². The second-order valence-corrected chi connectivity index (χ2v) is 4.03. The normalized spacial score (nSPS) is 11.0. The van der Waals surface area contributed by atoms with Crippen molar-refractivity contribution >= 4 is 6.08 Å². The molecule has 0 aliphatic rings. The summed E-state index contributed by atoms with van der Waals surface area (Å²) in [6.45, 7) is 4.47. The molecule has 0 spiro atoms. The van der Waals surface area contributed by atoms with Gasteiger partial charge in [0.1, 0.15) is 0 Å². The number of hydrogen-bond donors (Lipinski definition) is 1. The second-order valence-electron chi connectivity index (χ2n) is 4.03. The molecule has 92 valence electrons. The second kappa shape index (κ2) is 5.89. The average Bonchev–Trinajstić information content (AvgIpc) is 2.26. The summed E-state index contributed by atoms with van der Waals surface area (Å²) in [4.78, 5) is 9.64. The predicted octanol–water partition coefficient (Wildman–Crippen LogP) is 2.67. The molecule has 1 aromatic rings. The van der Waals surface area contributed by atoms with Gasteiger partial charge >= 0.3 is 0 Å². The van der Waals surface area contributed by atoms with Crippen molar-refractivity contribution in [3.8, 4) is 11.5 Å². The molecule has 1 aromatic carbocycles. The summed E-state index contributed by atoms with van der Waals surface area (Å²) in [5.41, 5.74) is 0.609. The first-order chi connectivity index (χ1) is 7.99. The van der Waals surface area contributed by atoms with Crippen molar-refractivity contribution in [3.63, 3.8) is 0 Å². The fourth-order valence-electron chi connectivity index (χ4n) is 1.15. The number of ether oxygens (including phenoxy) is 1. The number of aromatic hydroxyl groups is 1. The van der Waals surface area contributed by atoms with Gasteiger partial charge in [0.25, 0.3) is 0 Å². The average molecular weight is 237 g/mol. The maximum atomic E-state index is 10.2. The molecule has 5 heteroatoms. The van der Waals surface area contributed by atoms with Gasteiger partial charge in [0.15, 0.2) is 11.5 Å². The van der Waals surface area contributed by atoms with Gasteiger partial charge in [-0.3, -0.25) is 10.1 Å². The number of phenolic OH excluding ortho intramolecular Hbond substituents is 1. The van der Waals surface area contributed by atoms with Gasteiger partial charge in [0.2, 0.25) is 6.20 Å². The van der Waals surface area contributed by atoms with Crippen molar-refractivity contribution < 1.29 is 14.8 Å². The molecule has 1 rings (SSSR count). The molecule has 0 saturated carbocycles. The highest BCUT2D eigenvalue weighted by molar-refractivity contribution is 5.54.